The SMILES string of the molecule is COC[C@@H]1CN(C(=O)CCl)CC12CCCC2. The lowest BCUT2D eigenvalue weighted by atomic mass is 9.77. The van der Waals surface area contributed by atoms with E-state index in [4.69, 9.17) is 16.3 Å². The minimum atomic E-state index is 0.0755. The van der Waals surface area contributed by atoms with Crippen LogP contribution in [0.25, 0.3) is 0 Å². The van der Waals surface area contributed by atoms with Gasteiger partial charge in [-0.2, -0.15) is 0 Å². The first kappa shape index (κ1) is 12.2. The van der Waals surface area contributed by atoms with E-state index < -0.39 is 0 Å². The number of nitrogens with zero attached hydrogens (tertiary/aromatic N) is 1. The first-order chi connectivity index (χ1) is 7.72. The molecule has 0 unspecified atom stereocenters. The van der Waals surface area contributed by atoms with Crippen molar-refractivity contribution in [2.75, 3.05) is 32.7 Å². The molecule has 3 nitrogen and oxygen atoms in total. The Kier molecular flexibility index (Phi) is 3.75. The van der Waals surface area contributed by atoms with Crippen LogP contribution in [0.3, 0.4) is 0 Å². The number of carbonyl (C=O) groups excluding carboxylic acids is 1. The topological polar surface area (TPSA) is 29.5 Å². The first-order valence-corrected chi connectivity index (χ1v) is 6.58. The van der Waals surface area contributed by atoms with Crippen LogP contribution in [0.4, 0.5) is 0 Å². The molecule has 1 spiro atoms. The van der Waals surface area contributed by atoms with Crippen LogP contribution in [0.5, 0.6) is 0 Å². The largest absolute Gasteiger partial charge is 0.384 e. The summed E-state index contributed by atoms with van der Waals surface area (Å²) in [6.07, 6.45) is 5.08. The molecule has 1 amide bonds. The summed E-state index contributed by atoms with van der Waals surface area (Å²) in [5.41, 5.74) is 0.331. The second kappa shape index (κ2) is 4.92. The summed E-state index contributed by atoms with van der Waals surface area (Å²) in [5, 5.41) is 0. The minimum absolute atomic E-state index is 0.0755. The van der Waals surface area contributed by atoms with Gasteiger partial charge in [-0.15, -0.1) is 11.6 Å². The predicted molar refractivity (Wildman–Crippen MR) is 63.6 cm³/mol. The normalized spacial score (nSPS) is 27.9. The van der Waals surface area contributed by atoms with Gasteiger partial charge in [0.1, 0.15) is 5.88 Å². The van der Waals surface area contributed by atoms with E-state index in [0.717, 1.165) is 19.7 Å². The summed E-state index contributed by atoms with van der Waals surface area (Å²) >= 11 is 5.63. The number of alkyl halides is 1. The third-order valence-electron chi connectivity index (χ3n) is 4.25. The Hall–Kier alpha value is -0.280. The zero-order valence-electron chi connectivity index (χ0n) is 9.88. The molecule has 1 aliphatic heterocycles. The van der Waals surface area contributed by atoms with Crippen molar-refractivity contribution in [3.8, 4) is 0 Å². The lowest BCUT2D eigenvalue weighted by Crippen LogP contribution is -2.32. The third kappa shape index (κ3) is 2.07. The highest BCUT2D eigenvalue weighted by molar-refractivity contribution is 6.27. The van der Waals surface area contributed by atoms with Crippen LogP contribution in [-0.2, 0) is 9.53 Å². The molecule has 4 heteroatoms. The molecule has 1 atom stereocenters. The van der Waals surface area contributed by atoms with E-state index in [9.17, 15) is 4.79 Å². The highest BCUT2D eigenvalue weighted by atomic mass is 35.5. The van der Waals surface area contributed by atoms with Crippen molar-refractivity contribution in [1.29, 1.82) is 0 Å². The first-order valence-electron chi connectivity index (χ1n) is 6.04. The molecule has 0 aromatic carbocycles. The number of halogens is 1. The molecular formula is C12H20ClNO2. The van der Waals surface area contributed by atoms with E-state index in [2.05, 4.69) is 0 Å². The highest BCUT2D eigenvalue weighted by Gasteiger charge is 2.48. The van der Waals surface area contributed by atoms with Crippen molar-refractivity contribution in [2.45, 2.75) is 25.7 Å². The molecule has 1 aliphatic carbocycles. The van der Waals surface area contributed by atoms with E-state index in [1.807, 2.05) is 4.90 Å². The van der Waals surface area contributed by atoms with Gasteiger partial charge in [-0.3, -0.25) is 4.79 Å². The van der Waals surface area contributed by atoms with Crippen molar-refractivity contribution in [2.24, 2.45) is 11.3 Å². The Labute approximate surface area is 102 Å². The van der Waals surface area contributed by atoms with E-state index >= 15 is 0 Å². The zero-order valence-corrected chi connectivity index (χ0v) is 10.6. The van der Waals surface area contributed by atoms with Crippen molar-refractivity contribution >= 4 is 17.5 Å². The molecule has 0 aromatic heterocycles. The molecule has 2 aliphatic rings. The van der Waals surface area contributed by atoms with Crippen molar-refractivity contribution < 1.29 is 9.53 Å². The smallest absolute Gasteiger partial charge is 0.237 e. The summed E-state index contributed by atoms with van der Waals surface area (Å²) in [4.78, 5) is 13.6. The highest BCUT2D eigenvalue weighted by Crippen LogP contribution is 2.49. The lowest BCUT2D eigenvalue weighted by molar-refractivity contribution is -0.127. The molecular weight excluding hydrogens is 226 g/mol. The summed E-state index contributed by atoms with van der Waals surface area (Å²) < 4.78 is 5.30. The molecule has 0 aromatic rings. The van der Waals surface area contributed by atoms with Crippen molar-refractivity contribution in [3.05, 3.63) is 0 Å². The third-order valence-corrected chi connectivity index (χ3v) is 4.48. The van der Waals surface area contributed by atoms with E-state index in [1.165, 1.54) is 25.7 Å². The number of likely N-dealkylation sites (tertiary alicyclic amines) is 1. The fraction of sp³-hybridized carbons (Fsp3) is 0.917. The molecule has 1 saturated heterocycles. The van der Waals surface area contributed by atoms with E-state index in [0.29, 0.717) is 11.3 Å². The quantitative estimate of drug-likeness (QED) is 0.711. The van der Waals surface area contributed by atoms with Crippen LogP contribution in [0, 0.1) is 11.3 Å². The average molecular weight is 246 g/mol. The van der Waals surface area contributed by atoms with Crippen molar-refractivity contribution in [1.82, 2.24) is 4.90 Å². The lowest BCUT2D eigenvalue weighted by Gasteiger charge is -2.29. The Morgan fingerprint density at radius 2 is 2.19 bits per heavy atom. The van der Waals surface area contributed by atoms with Crippen LogP contribution >= 0.6 is 11.6 Å². The molecule has 2 fully saturated rings. The van der Waals surface area contributed by atoms with Gasteiger partial charge in [0.25, 0.3) is 0 Å². The van der Waals surface area contributed by atoms with Gasteiger partial charge >= 0.3 is 0 Å². The van der Waals surface area contributed by atoms with Gasteiger partial charge in [0.05, 0.1) is 6.61 Å². The number of amides is 1. The summed E-state index contributed by atoms with van der Waals surface area (Å²) in [5.74, 6) is 0.689. The van der Waals surface area contributed by atoms with Crippen LogP contribution < -0.4 is 0 Å². The summed E-state index contributed by atoms with van der Waals surface area (Å²) in [6, 6.07) is 0. The second-order valence-corrected chi connectivity index (χ2v) is 5.40. The Bertz CT molecular complexity index is 264. The fourth-order valence-electron chi connectivity index (χ4n) is 3.38. The number of hydrogen-bond donors (Lipinski definition) is 0. The maximum atomic E-state index is 11.7. The van der Waals surface area contributed by atoms with Gasteiger partial charge in [-0.25, -0.2) is 0 Å². The molecule has 0 radical (unpaired) electrons. The van der Waals surface area contributed by atoms with Gasteiger partial charge in [0, 0.05) is 26.1 Å². The molecule has 0 bridgehead atoms. The van der Waals surface area contributed by atoms with Crippen LogP contribution in [0.2, 0.25) is 0 Å². The summed E-state index contributed by atoms with van der Waals surface area (Å²) in [6.45, 7) is 2.50. The van der Waals surface area contributed by atoms with Crippen LogP contribution in [0.15, 0.2) is 0 Å². The molecule has 2 rings (SSSR count). The molecule has 16 heavy (non-hydrogen) atoms. The number of carbonyl (C=O) groups is 1. The summed E-state index contributed by atoms with van der Waals surface area (Å²) in [7, 11) is 1.74. The average Bonchev–Trinajstić information content (AvgIpc) is 2.88. The minimum Gasteiger partial charge on any atom is -0.384 e. The van der Waals surface area contributed by atoms with Crippen molar-refractivity contribution in [3.63, 3.8) is 0 Å². The van der Waals surface area contributed by atoms with Gasteiger partial charge < -0.3 is 9.64 Å². The molecule has 92 valence electrons. The van der Waals surface area contributed by atoms with Gasteiger partial charge in [0.15, 0.2) is 0 Å². The fourth-order valence-corrected chi connectivity index (χ4v) is 3.55. The maximum absolute atomic E-state index is 11.7. The zero-order chi connectivity index (χ0) is 11.6. The molecule has 1 saturated carbocycles. The number of rotatable bonds is 3. The van der Waals surface area contributed by atoms with Crippen LogP contribution in [0.1, 0.15) is 25.7 Å². The number of hydrogen-bond acceptors (Lipinski definition) is 2. The van der Waals surface area contributed by atoms with E-state index in [1.54, 1.807) is 7.11 Å². The number of methoxy groups -OCH3 is 1. The molecule has 1 heterocycles. The second-order valence-electron chi connectivity index (χ2n) is 5.13. The van der Waals surface area contributed by atoms with Gasteiger partial charge in [-0.1, -0.05) is 12.8 Å². The molecule has 0 N–H and O–H groups in total. The predicted octanol–water partition coefficient (Wildman–Crippen LogP) is 1.89. The Morgan fingerprint density at radius 3 is 2.75 bits per heavy atom. The van der Waals surface area contributed by atoms with E-state index in [-0.39, 0.29) is 11.8 Å². The Balaban J connectivity index is 2.08. The number of ether oxygens (including phenoxy) is 1. The monoisotopic (exact) mass is 245 g/mol. The Morgan fingerprint density at radius 1 is 1.50 bits per heavy atom. The van der Waals surface area contributed by atoms with Gasteiger partial charge in [-0.05, 0) is 18.3 Å². The van der Waals surface area contributed by atoms with Gasteiger partial charge in [0.2, 0.25) is 5.91 Å². The maximum Gasteiger partial charge on any atom is 0.237 e. The van der Waals surface area contributed by atoms with Crippen LogP contribution in [-0.4, -0.2) is 43.5 Å². The standard InChI is InChI=1S/C12H20ClNO2/c1-16-8-10-7-14(11(15)6-13)9-12(10)4-2-3-5-12/h10H,2-9H2,1H3/t10-/m0/s1.